The molecule has 3 rings (SSSR count). The summed E-state index contributed by atoms with van der Waals surface area (Å²) in [6.45, 7) is 6.86. The molecule has 0 aliphatic carbocycles. The maximum absolute atomic E-state index is 5.39. The molecule has 0 radical (unpaired) electrons. The van der Waals surface area contributed by atoms with Crippen molar-refractivity contribution in [3.63, 3.8) is 0 Å². The van der Waals surface area contributed by atoms with Gasteiger partial charge in [0.1, 0.15) is 0 Å². The summed E-state index contributed by atoms with van der Waals surface area (Å²) in [6.07, 6.45) is 1.94. The number of ether oxygens (including phenoxy) is 2. The average molecular weight is 255 g/mol. The van der Waals surface area contributed by atoms with Crippen LogP contribution in [-0.2, 0) is 5.41 Å². The summed E-state index contributed by atoms with van der Waals surface area (Å²) < 4.78 is 10.7. The third kappa shape index (κ3) is 2.28. The fourth-order valence-electron chi connectivity index (χ4n) is 2.06. The van der Waals surface area contributed by atoms with E-state index < -0.39 is 0 Å². The first-order chi connectivity index (χ1) is 9.04. The summed E-state index contributed by atoms with van der Waals surface area (Å²) >= 11 is 0. The highest BCUT2D eigenvalue weighted by molar-refractivity contribution is 5.64. The van der Waals surface area contributed by atoms with E-state index in [9.17, 15) is 0 Å². The predicted octanol–water partition coefficient (Wildman–Crippen LogP) is 3.77. The highest BCUT2D eigenvalue weighted by atomic mass is 16.7. The van der Waals surface area contributed by atoms with Crippen molar-refractivity contribution in [2.75, 3.05) is 6.79 Å². The lowest BCUT2D eigenvalue weighted by Gasteiger charge is -2.18. The van der Waals surface area contributed by atoms with Crippen LogP contribution < -0.4 is 9.47 Å². The molecule has 3 nitrogen and oxygen atoms in total. The average Bonchev–Trinajstić information content (AvgIpc) is 2.85. The van der Waals surface area contributed by atoms with Gasteiger partial charge in [0.15, 0.2) is 11.5 Å². The van der Waals surface area contributed by atoms with Crippen molar-refractivity contribution < 1.29 is 9.47 Å². The first-order valence-corrected chi connectivity index (χ1v) is 6.40. The number of rotatable bonds is 1. The maximum atomic E-state index is 5.39. The van der Waals surface area contributed by atoms with Crippen LogP contribution in [-0.4, -0.2) is 11.8 Å². The van der Waals surface area contributed by atoms with E-state index in [4.69, 9.17) is 9.47 Å². The van der Waals surface area contributed by atoms with Gasteiger partial charge in [-0.2, -0.15) is 0 Å². The van der Waals surface area contributed by atoms with Crippen molar-refractivity contribution >= 4 is 0 Å². The molecule has 0 atom stereocenters. The molecule has 0 saturated carbocycles. The van der Waals surface area contributed by atoms with Crippen molar-refractivity contribution in [3.8, 4) is 22.8 Å². The monoisotopic (exact) mass is 255 g/mol. The minimum Gasteiger partial charge on any atom is -0.454 e. The Labute approximate surface area is 113 Å². The molecule has 0 N–H and O–H groups in total. The zero-order valence-electron chi connectivity index (χ0n) is 11.4. The Morgan fingerprint density at radius 3 is 2.47 bits per heavy atom. The summed E-state index contributed by atoms with van der Waals surface area (Å²) in [6, 6.07) is 10.1. The zero-order valence-corrected chi connectivity index (χ0v) is 11.4. The smallest absolute Gasteiger partial charge is 0.231 e. The van der Waals surface area contributed by atoms with Gasteiger partial charge in [0.2, 0.25) is 6.79 Å². The molecular weight excluding hydrogens is 238 g/mol. The summed E-state index contributed by atoms with van der Waals surface area (Å²) in [5.74, 6) is 1.59. The zero-order chi connectivity index (χ0) is 13.5. The Morgan fingerprint density at radius 2 is 1.79 bits per heavy atom. The molecule has 2 heterocycles. The van der Waals surface area contributed by atoms with Crippen LogP contribution in [0.25, 0.3) is 11.3 Å². The number of hydrogen-bond acceptors (Lipinski definition) is 3. The third-order valence-electron chi connectivity index (χ3n) is 3.30. The summed E-state index contributed by atoms with van der Waals surface area (Å²) in [4.78, 5) is 4.54. The van der Waals surface area contributed by atoms with Gasteiger partial charge in [-0.1, -0.05) is 26.8 Å². The lowest BCUT2D eigenvalue weighted by molar-refractivity contribution is 0.174. The predicted molar refractivity (Wildman–Crippen MR) is 74.5 cm³/mol. The van der Waals surface area contributed by atoms with E-state index in [1.165, 1.54) is 5.56 Å². The number of aromatic nitrogens is 1. The molecule has 0 bridgehead atoms. The fraction of sp³-hybridized carbons (Fsp3) is 0.312. The molecule has 0 amide bonds. The van der Waals surface area contributed by atoms with Crippen LogP contribution in [0.15, 0.2) is 36.5 Å². The van der Waals surface area contributed by atoms with Gasteiger partial charge in [-0.05, 0) is 35.2 Å². The lowest BCUT2D eigenvalue weighted by Crippen LogP contribution is -2.11. The van der Waals surface area contributed by atoms with Crippen LogP contribution in [0.2, 0.25) is 0 Å². The van der Waals surface area contributed by atoms with Crippen molar-refractivity contribution in [2.24, 2.45) is 0 Å². The minimum absolute atomic E-state index is 0.125. The second kappa shape index (κ2) is 4.26. The fourth-order valence-corrected chi connectivity index (χ4v) is 2.06. The van der Waals surface area contributed by atoms with E-state index in [0.717, 1.165) is 22.8 Å². The molecule has 1 aromatic heterocycles. The number of benzene rings is 1. The highest BCUT2D eigenvalue weighted by Crippen LogP contribution is 2.35. The third-order valence-corrected chi connectivity index (χ3v) is 3.30. The molecule has 19 heavy (non-hydrogen) atoms. The van der Waals surface area contributed by atoms with Gasteiger partial charge in [0, 0.05) is 11.8 Å². The largest absolute Gasteiger partial charge is 0.454 e. The Hall–Kier alpha value is -2.03. The van der Waals surface area contributed by atoms with Crippen LogP contribution in [0.1, 0.15) is 26.3 Å². The molecule has 1 aromatic carbocycles. The molecule has 0 unspecified atom stereocenters. The van der Waals surface area contributed by atoms with Gasteiger partial charge in [-0.3, -0.25) is 4.98 Å². The second-order valence-electron chi connectivity index (χ2n) is 5.75. The van der Waals surface area contributed by atoms with E-state index in [0.29, 0.717) is 6.79 Å². The van der Waals surface area contributed by atoms with Gasteiger partial charge in [-0.25, -0.2) is 0 Å². The number of hydrogen-bond donors (Lipinski definition) is 0. The van der Waals surface area contributed by atoms with E-state index in [2.05, 4.69) is 37.9 Å². The molecule has 0 fully saturated rings. The molecule has 2 aromatic rings. The molecule has 1 aliphatic heterocycles. The Kier molecular flexibility index (Phi) is 2.70. The number of pyridine rings is 1. The standard InChI is InChI=1S/C16H17NO2/c1-16(2,3)12-5-6-13(17-9-12)11-4-7-14-15(8-11)19-10-18-14/h4-9H,10H2,1-3H3. The Morgan fingerprint density at radius 1 is 1.00 bits per heavy atom. The summed E-state index contributed by atoms with van der Waals surface area (Å²) in [5.41, 5.74) is 3.36. The van der Waals surface area contributed by atoms with Crippen molar-refractivity contribution in [1.82, 2.24) is 4.98 Å². The lowest BCUT2D eigenvalue weighted by atomic mass is 9.88. The van der Waals surface area contributed by atoms with Crippen molar-refractivity contribution in [3.05, 3.63) is 42.1 Å². The molecule has 1 aliphatic rings. The highest BCUT2D eigenvalue weighted by Gasteiger charge is 2.16. The second-order valence-corrected chi connectivity index (χ2v) is 5.75. The van der Waals surface area contributed by atoms with E-state index in [1.807, 2.05) is 24.4 Å². The van der Waals surface area contributed by atoms with E-state index >= 15 is 0 Å². The molecule has 98 valence electrons. The summed E-state index contributed by atoms with van der Waals surface area (Å²) in [5, 5.41) is 0. The van der Waals surface area contributed by atoms with Crippen molar-refractivity contribution in [1.29, 1.82) is 0 Å². The van der Waals surface area contributed by atoms with Gasteiger partial charge < -0.3 is 9.47 Å². The van der Waals surface area contributed by atoms with E-state index in [1.54, 1.807) is 0 Å². The van der Waals surface area contributed by atoms with Crippen LogP contribution in [0.3, 0.4) is 0 Å². The van der Waals surface area contributed by atoms with Gasteiger partial charge in [-0.15, -0.1) is 0 Å². The first kappa shape index (κ1) is 12.0. The molecule has 3 heteroatoms. The Balaban J connectivity index is 1.94. The van der Waals surface area contributed by atoms with Gasteiger partial charge in [0.05, 0.1) is 5.69 Å². The van der Waals surface area contributed by atoms with Crippen LogP contribution in [0, 0.1) is 0 Å². The van der Waals surface area contributed by atoms with Gasteiger partial charge >= 0.3 is 0 Å². The Bertz CT molecular complexity index is 597. The van der Waals surface area contributed by atoms with Crippen molar-refractivity contribution in [2.45, 2.75) is 26.2 Å². The molecular formula is C16H17NO2. The maximum Gasteiger partial charge on any atom is 0.231 e. The quantitative estimate of drug-likeness (QED) is 0.777. The topological polar surface area (TPSA) is 31.4 Å². The van der Waals surface area contributed by atoms with Crippen LogP contribution in [0.4, 0.5) is 0 Å². The molecule has 0 saturated heterocycles. The normalized spacial score (nSPS) is 13.6. The minimum atomic E-state index is 0.125. The first-order valence-electron chi connectivity index (χ1n) is 6.40. The summed E-state index contributed by atoms with van der Waals surface area (Å²) in [7, 11) is 0. The van der Waals surface area contributed by atoms with Gasteiger partial charge in [0.25, 0.3) is 0 Å². The number of nitrogens with zero attached hydrogens (tertiary/aromatic N) is 1. The van der Waals surface area contributed by atoms with Crippen LogP contribution in [0.5, 0.6) is 11.5 Å². The SMILES string of the molecule is CC(C)(C)c1ccc(-c2ccc3c(c2)OCO3)nc1. The molecule has 0 spiro atoms. The number of fused-ring (bicyclic) bond motifs is 1. The van der Waals surface area contributed by atoms with Crippen LogP contribution >= 0.6 is 0 Å². The van der Waals surface area contributed by atoms with E-state index in [-0.39, 0.29) is 5.41 Å².